The molecule has 0 saturated heterocycles. The van der Waals surface area contributed by atoms with Crippen LogP contribution in [0.1, 0.15) is 43.2 Å². The van der Waals surface area contributed by atoms with Gasteiger partial charge in [-0.25, -0.2) is 0 Å². The Kier molecular flexibility index (Phi) is 4.29. The molecule has 104 valence electrons. The summed E-state index contributed by atoms with van der Waals surface area (Å²) < 4.78 is 2.86. The summed E-state index contributed by atoms with van der Waals surface area (Å²) in [6.07, 6.45) is 4.13. The van der Waals surface area contributed by atoms with Gasteiger partial charge in [-0.2, -0.15) is 0 Å². The van der Waals surface area contributed by atoms with Crippen molar-refractivity contribution in [1.29, 1.82) is 0 Å². The van der Waals surface area contributed by atoms with E-state index in [4.69, 9.17) is 0 Å². The number of nitrogens with one attached hydrogen (secondary N) is 2. The van der Waals surface area contributed by atoms with Gasteiger partial charge in [0, 0.05) is 23.3 Å². The highest BCUT2D eigenvalue weighted by Gasteiger charge is 2.28. The van der Waals surface area contributed by atoms with Crippen molar-refractivity contribution in [3.8, 4) is 0 Å². The molecule has 1 aliphatic carbocycles. The molecule has 5 nitrogen and oxygen atoms in total. The Balaban J connectivity index is 2.05. The molecule has 0 aromatic carbocycles. The van der Waals surface area contributed by atoms with Gasteiger partial charge in [0.15, 0.2) is 0 Å². The number of amides is 2. The van der Waals surface area contributed by atoms with Crippen LogP contribution in [0.15, 0.2) is 16.7 Å². The number of rotatable bonds is 5. The van der Waals surface area contributed by atoms with Gasteiger partial charge in [-0.05, 0) is 48.7 Å². The molecule has 2 rings (SSSR count). The lowest BCUT2D eigenvalue weighted by Crippen LogP contribution is -2.45. The summed E-state index contributed by atoms with van der Waals surface area (Å²) in [6, 6.07) is 1.68. The van der Waals surface area contributed by atoms with Crippen LogP contribution in [0.2, 0.25) is 0 Å². The minimum atomic E-state index is -0.534. The van der Waals surface area contributed by atoms with Gasteiger partial charge >= 0.3 is 0 Å². The number of hydrogen-bond donors (Lipinski definition) is 2. The van der Waals surface area contributed by atoms with Gasteiger partial charge in [-0.3, -0.25) is 9.59 Å². The molecule has 6 heteroatoms. The van der Waals surface area contributed by atoms with Crippen molar-refractivity contribution in [2.24, 2.45) is 0 Å². The van der Waals surface area contributed by atoms with Gasteiger partial charge in [0.25, 0.3) is 5.91 Å². The second-order valence-electron chi connectivity index (χ2n) is 4.77. The minimum absolute atomic E-state index is 0.167. The predicted molar refractivity (Wildman–Crippen MR) is 76.0 cm³/mol. The van der Waals surface area contributed by atoms with Crippen molar-refractivity contribution in [2.45, 2.75) is 38.8 Å². The van der Waals surface area contributed by atoms with Crippen LogP contribution in [0.4, 0.5) is 0 Å². The SMILES string of the molecule is CCNC(=O)C(C)NC(=O)c1cc(Br)cn1C1CC1. The number of hydrogen-bond acceptors (Lipinski definition) is 2. The first kappa shape index (κ1) is 14.1. The van der Waals surface area contributed by atoms with Gasteiger partial charge in [0.05, 0.1) is 0 Å². The maximum Gasteiger partial charge on any atom is 0.268 e. The second-order valence-corrected chi connectivity index (χ2v) is 5.69. The molecule has 2 amide bonds. The fraction of sp³-hybridized carbons (Fsp3) is 0.538. The van der Waals surface area contributed by atoms with Crippen LogP contribution in [0, 0.1) is 0 Å². The molecule has 1 aliphatic rings. The Morgan fingerprint density at radius 3 is 2.79 bits per heavy atom. The molecule has 1 unspecified atom stereocenters. The summed E-state index contributed by atoms with van der Waals surface area (Å²) in [5, 5.41) is 5.41. The molecule has 1 heterocycles. The first-order chi connectivity index (χ1) is 9.02. The average Bonchev–Trinajstić information content (AvgIpc) is 3.12. The molecule has 2 N–H and O–H groups in total. The first-order valence-corrected chi connectivity index (χ1v) is 7.28. The fourth-order valence-corrected chi connectivity index (χ4v) is 2.38. The molecular formula is C13H18BrN3O2. The largest absolute Gasteiger partial charge is 0.355 e. The van der Waals surface area contributed by atoms with E-state index >= 15 is 0 Å². The Labute approximate surface area is 120 Å². The van der Waals surface area contributed by atoms with E-state index in [1.165, 1.54) is 0 Å². The van der Waals surface area contributed by atoms with Crippen LogP contribution in [0.25, 0.3) is 0 Å². The summed E-state index contributed by atoms with van der Waals surface area (Å²) in [7, 11) is 0. The molecule has 19 heavy (non-hydrogen) atoms. The van der Waals surface area contributed by atoms with Crippen molar-refractivity contribution < 1.29 is 9.59 Å². The molecule has 1 aromatic heterocycles. The molecule has 0 radical (unpaired) electrons. The van der Waals surface area contributed by atoms with Crippen LogP contribution in [0.3, 0.4) is 0 Å². The standard InChI is InChI=1S/C13H18BrN3O2/c1-3-15-12(18)8(2)16-13(19)11-6-9(14)7-17(11)10-4-5-10/h6-8,10H,3-5H2,1-2H3,(H,15,18)(H,16,19). The first-order valence-electron chi connectivity index (χ1n) is 6.49. The van der Waals surface area contributed by atoms with Gasteiger partial charge in [-0.1, -0.05) is 0 Å². The summed E-state index contributed by atoms with van der Waals surface area (Å²) in [5.74, 6) is -0.379. The lowest BCUT2D eigenvalue weighted by molar-refractivity contribution is -0.122. The zero-order valence-electron chi connectivity index (χ0n) is 11.1. The zero-order chi connectivity index (χ0) is 14.0. The number of carbonyl (C=O) groups is 2. The van der Waals surface area contributed by atoms with E-state index in [1.54, 1.807) is 13.0 Å². The van der Waals surface area contributed by atoms with E-state index in [0.29, 0.717) is 18.3 Å². The molecule has 0 spiro atoms. The molecule has 0 aliphatic heterocycles. The smallest absolute Gasteiger partial charge is 0.268 e. The molecule has 0 bridgehead atoms. The maximum atomic E-state index is 12.2. The Hall–Kier alpha value is -1.30. The predicted octanol–water partition coefficient (Wildman–Crippen LogP) is 1.84. The lowest BCUT2D eigenvalue weighted by atomic mass is 10.3. The van der Waals surface area contributed by atoms with Crippen molar-refractivity contribution in [3.05, 3.63) is 22.4 Å². The highest BCUT2D eigenvalue weighted by molar-refractivity contribution is 9.10. The number of aromatic nitrogens is 1. The molecule has 1 aromatic rings. The topological polar surface area (TPSA) is 63.1 Å². The summed E-state index contributed by atoms with van der Waals surface area (Å²) in [4.78, 5) is 23.8. The van der Waals surface area contributed by atoms with Crippen molar-refractivity contribution in [1.82, 2.24) is 15.2 Å². The van der Waals surface area contributed by atoms with E-state index in [0.717, 1.165) is 17.3 Å². The number of likely N-dealkylation sites (N-methyl/N-ethyl adjacent to an activating group) is 1. The van der Waals surface area contributed by atoms with Gasteiger partial charge in [0.1, 0.15) is 11.7 Å². The van der Waals surface area contributed by atoms with Crippen LogP contribution in [-0.4, -0.2) is 29.0 Å². The zero-order valence-corrected chi connectivity index (χ0v) is 12.7. The van der Waals surface area contributed by atoms with Gasteiger partial charge in [-0.15, -0.1) is 0 Å². The number of halogens is 1. The quantitative estimate of drug-likeness (QED) is 0.866. The lowest BCUT2D eigenvalue weighted by Gasteiger charge is -2.14. The monoisotopic (exact) mass is 327 g/mol. The minimum Gasteiger partial charge on any atom is -0.355 e. The number of carbonyl (C=O) groups excluding carboxylic acids is 2. The van der Waals surface area contributed by atoms with E-state index in [2.05, 4.69) is 26.6 Å². The van der Waals surface area contributed by atoms with E-state index in [-0.39, 0.29) is 11.8 Å². The summed E-state index contributed by atoms with van der Waals surface area (Å²) in [5.41, 5.74) is 0.602. The molecule has 1 saturated carbocycles. The second kappa shape index (κ2) is 5.77. The van der Waals surface area contributed by atoms with Gasteiger partial charge < -0.3 is 15.2 Å². The molecule has 1 fully saturated rings. The van der Waals surface area contributed by atoms with Crippen LogP contribution in [-0.2, 0) is 4.79 Å². The van der Waals surface area contributed by atoms with Crippen molar-refractivity contribution in [2.75, 3.05) is 6.54 Å². The van der Waals surface area contributed by atoms with E-state index < -0.39 is 6.04 Å². The van der Waals surface area contributed by atoms with Crippen molar-refractivity contribution >= 4 is 27.7 Å². The molecular weight excluding hydrogens is 310 g/mol. The summed E-state index contributed by atoms with van der Waals surface area (Å²) >= 11 is 3.39. The Bertz CT molecular complexity index is 494. The maximum absolute atomic E-state index is 12.2. The van der Waals surface area contributed by atoms with E-state index in [9.17, 15) is 9.59 Å². The normalized spacial score (nSPS) is 15.9. The van der Waals surface area contributed by atoms with Crippen molar-refractivity contribution in [3.63, 3.8) is 0 Å². The van der Waals surface area contributed by atoms with Gasteiger partial charge in [0.2, 0.25) is 5.91 Å². The van der Waals surface area contributed by atoms with Crippen LogP contribution >= 0.6 is 15.9 Å². The third-order valence-corrected chi connectivity index (χ3v) is 3.51. The highest BCUT2D eigenvalue weighted by atomic mass is 79.9. The number of nitrogens with zero attached hydrogens (tertiary/aromatic N) is 1. The highest BCUT2D eigenvalue weighted by Crippen LogP contribution is 2.37. The van der Waals surface area contributed by atoms with Crippen LogP contribution < -0.4 is 10.6 Å². The Morgan fingerprint density at radius 2 is 2.21 bits per heavy atom. The van der Waals surface area contributed by atoms with E-state index in [1.807, 2.05) is 17.7 Å². The fourth-order valence-electron chi connectivity index (χ4n) is 1.95. The third kappa shape index (κ3) is 3.37. The third-order valence-electron chi connectivity index (χ3n) is 3.08. The average molecular weight is 328 g/mol. The molecule has 1 atom stereocenters. The summed E-state index contributed by atoms with van der Waals surface area (Å²) in [6.45, 7) is 4.09. The Morgan fingerprint density at radius 1 is 1.53 bits per heavy atom. The van der Waals surface area contributed by atoms with Crippen LogP contribution in [0.5, 0.6) is 0 Å².